The predicted molar refractivity (Wildman–Crippen MR) is 58.2 cm³/mol. The lowest BCUT2D eigenvalue weighted by Gasteiger charge is -2.12. The van der Waals surface area contributed by atoms with Crippen molar-refractivity contribution in [2.45, 2.75) is 6.42 Å². The zero-order chi connectivity index (χ0) is 11.1. The molecule has 1 aromatic rings. The molecule has 4 nitrogen and oxygen atoms in total. The maximum absolute atomic E-state index is 11.3. The van der Waals surface area contributed by atoms with Crippen LogP contribution >= 0.6 is 19.4 Å². The Morgan fingerprint density at radius 2 is 2.00 bits per heavy atom. The zero-order valence-electron chi connectivity index (χ0n) is 8.01. The van der Waals surface area contributed by atoms with E-state index in [1.807, 2.05) is 0 Å². The highest BCUT2D eigenvalue weighted by Gasteiger charge is 2.22. The van der Waals surface area contributed by atoms with Crippen molar-refractivity contribution in [3.8, 4) is 5.75 Å². The van der Waals surface area contributed by atoms with Crippen LogP contribution in [0.2, 0.25) is 0 Å². The van der Waals surface area contributed by atoms with E-state index in [-0.39, 0.29) is 6.61 Å². The minimum Gasteiger partial charge on any atom is -0.404 e. The van der Waals surface area contributed by atoms with E-state index in [0.29, 0.717) is 18.1 Å². The average molecular weight is 251 g/mol. The van der Waals surface area contributed by atoms with Crippen LogP contribution in [0.1, 0.15) is 6.42 Å². The van der Waals surface area contributed by atoms with Crippen LogP contribution in [-0.2, 0) is 9.09 Å². The van der Waals surface area contributed by atoms with Crippen molar-refractivity contribution in [1.82, 2.24) is 0 Å². The summed E-state index contributed by atoms with van der Waals surface area (Å²) in [5.74, 6) is 0.680. The number of para-hydroxylation sites is 1. The molecular formula is C9H12ClO4P. The minimum absolute atomic E-state index is 0.101. The van der Waals surface area contributed by atoms with Gasteiger partial charge in [0.15, 0.2) is 0 Å². The summed E-state index contributed by atoms with van der Waals surface area (Å²) in [5, 5.41) is 0. The highest BCUT2D eigenvalue weighted by Crippen LogP contribution is 2.43. The number of rotatable bonds is 6. The standard InChI is InChI=1S/C9H12ClO4P/c10-7-4-8-13-15(11,12)14-9-5-2-1-3-6-9/h1-3,5-6H,4,7-8H2,(H,11,12). The van der Waals surface area contributed by atoms with Gasteiger partial charge in [0.2, 0.25) is 0 Å². The van der Waals surface area contributed by atoms with Gasteiger partial charge in [-0.3, -0.25) is 9.42 Å². The van der Waals surface area contributed by atoms with Gasteiger partial charge in [0.1, 0.15) is 5.75 Å². The van der Waals surface area contributed by atoms with Gasteiger partial charge in [-0.2, -0.15) is 0 Å². The summed E-state index contributed by atoms with van der Waals surface area (Å²) in [5.41, 5.74) is 0. The lowest BCUT2D eigenvalue weighted by Crippen LogP contribution is -1.99. The summed E-state index contributed by atoms with van der Waals surface area (Å²) in [6.45, 7) is 0.101. The molecule has 0 amide bonds. The molecule has 15 heavy (non-hydrogen) atoms. The van der Waals surface area contributed by atoms with Gasteiger partial charge in [0.05, 0.1) is 6.61 Å². The van der Waals surface area contributed by atoms with Crippen LogP contribution in [0.5, 0.6) is 5.75 Å². The topological polar surface area (TPSA) is 55.8 Å². The van der Waals surface area contributed by atoms with Crippen molar-refractivity contribution in [1.29, 1.82) is 0 Å². The third-order valence-electron chi connectivity index (χ3n) is 1.50. The van der Waals surface area contributed by atoms with Crippen molar-refractivity contribution >= 4 is 19.4 Å². The summed E-state index contributed by atoms with van der Waals surface area (Å²) in [4.78, 5) is 9.26. The Morgan fingerprint density at radius 3 is 2.60 bits per heavy atom. The second kappa shape index (κ2) is 6.13. The number of alkyl halides is 1. The van der Waals surface area contributed by atoms with Gasteiger partial charge in [0, 0.05) is 5.88 Å². The maximum atomic E-state index is 11.3. The van der Waals surface area contributed by atoms with E-state index in [1.54, 1.807) is 30.3 Å². The molecule has 0 aliphatic rings. The number of hydrogen-bond acceptors (Lipinski definition) is 3. The molecule has 1 unspecified atom stereocenters. The van der Waals surface area contributed by atoms with E-state index >= 15 is 0 Å². The van der Waals surface area contributed by atoms with Gasteiger partial charge >= 0.3 is 7.82 Å². The first-order valence-electron chi connectivity index (χ1n) is 4.42. The van der Waals surface area contributed by atoms with Gasteiger partial charge in [0.25, 0.3) is 0 Å². The molecule has 0 aromatic heterocycles. The molecule has 0 saturated heterocycles. The molecule has 0 aliphatic heterocycles. The largest absolute Gasteiger partial charge is 0.527 e. The van der Waals surface area contributed by atoms with Gasteiger partial charge in [-0.05, 0) is 18.6 Å². The van der Waals surface area contributed by atoms with E-state index in [4.69, 9.17) is 16.1 Å². The summed E-state index contributed by atoms with van der Waals surface area (Å²) in [6.07, 6.45) is 0.504. The first-order valence-corrected chi connectivity index (χ1v) is 6.45. The molecule has 1 N–H and O–H groups in total. The minimum atomic E-state index is -4.00. The molecule has 0 fully saturated rings. The summed E-state index contributed by atoms with van der Waals surface area (Å²) >= 11 is 5.40. The van der Waals surface area contributed by atoms with Crippen LogP contribution in [0.3, 0.4) is 0 Å². The van der Waals surface area contributed by atoms with Gasteiger partial charge in [-0.1, -0.05) is 18.2 Å². The van der Waals surface area contributed by atoms with E-state index in [9.17, 15) is 9.46 Å². The third kappa shape index (κ3) is 5.19. The van der Waals surface area contributed by atoms with Crippen LogP contribution in [0.25, 0.3) is 0 Å². The number of hydrogen-bond donors (Lipinski definition) is 1. The highest BCUT2D eigenvalue weighted by atomic mass is 35.5. The van der Waals surface area contributed by atoms with Crippen molar-refractivity contribution in [3.63, 3.8) is 0 Å². The molecule has 0 saturated carbocycles. The second-order valence-electron chi connectivity index (χ2n) is 2.75. The van der Waals surface area contributed by atoms with Crippen LogP contribution in [0.4, 0.5) is 0 Å². The van der Waals surface area contributed by atoms with Crippen LogP contribution in [0.15, 0.2) is 30.3 Å². The third-order valence-corrected chi connectivity index (χ3v) is 2.71. The average Bonchev–Trinajstić information content (AvgIpc) is 2.18. The van der Waals surface area contributed by atoms with E-state index < -0.39 is 7.82 Å². The molecule has 6 heteroatoms. The fourth-order valence-electron chi connectivity index (χ4n) is 0.875. The number of phosphoric ester groups is 1. The smallest absolute Gasteiger partial charge is 0.404 e. The first-order chi connectivity index (χ1) is 7.14. The summed E-state index contributed by atoms with van der Waals surface area (Å²) in [6, 6.07) is 8.34. The highest BCUT2D eigenvalue weighted by molar-refractivity contribution is 7.47. The van der Waals surface area contributed by atoms with Crippen LogP contribution in [-0.4, -0.2) is 17.4 Å². The molecule has 0 aliphatic carbocycles. The fraction of sp³-hybridized carbons (Fsp3) is 0.333. The number of benzene rings is 1. The molecule has 84 valence electrons. The Kier molecular flexibility index (Phi) is 5.12. The van der Waals surface area contributed by atoms with Crippen molar-refractivity contribution in [2.75, 3.05) is 12.5 Å². The molecule has 0 radical (unpaired) electrons. The van der Waals surface area contributed by atoms with Crippen LogP contribution < -0.4 is 4.52 Å². The van der Waals surface area contributed by atoms with E-state index in [0.717, 1.165) is 0 Å². The Labute approximate surface area is 93.4 Å². The van der Waals surface area contributed by atoms with Gasteiger partial charge in [-0.25, -0.2) is 4.57 Å². The van der Waals surface area contributed by atoms with Gasteiger partial charge < -0.3 is 4.52 Å². The molecule has 0 heterocycles. The Balaban J connectivity index is 2.46. The van der Waals surface area contributed by atoms with Crippen LogP contribution in [0, 0.1) is 0 Å². The molecule has 1 atom stereocenters. The molecule has 1 aromatic carbocycles. The molecule has 0 bridgehead atoms. The maximum Gasteiger partial charge on any atom is 0.527 e. The Bertz CT molecular complexity index is 330. The van der Waals surface area contributed by atoms with E-state index in [2.05, 4.69) is 4.52 Å². The second-order valence-corrected chi connectivity index (χ2v) is 4.50. The normalized spacial score (nSPS) is 14.5. The van der Waals surface area contributed by atoms with Gasteiger partial charge in [-0.15, -0.1) is 11.6 Å². The fourth-order valence-corrected chi connectivity index (χ4v) is 1.79. The zero-order valence-corrected chi connectivity index (χ0v) is 9.66. The molecule has 0 spiro atoms. The SMILES string of the molecule is O=P(O)(OCCCCl)Oc1ccccc1. The Hall–Kier alpha value is -0.540. The lowest BCUT2D eigenvalue weighted by atomic mass is 10.3. The van der Waals surface area contributed by atoms with Crippen molar-refractivity contribution in [3.05, 3.63) is 30.3 Å². The molecule has 1 rings (SSSR count). The summed E-state index contributed by atoms with van der Waals surface area (Å²) in [7, 11) is -4.00. The lowest BCUT2D eigenvalue weighted by molar-refractivity contribution is 0.204. The Morgan fingerprint density at radius 1 is 1.33 bits per heavy atom. The van der Waals surface area contributed by atoms with Crippen molar-refractivity contribution in [2.24, 2.45) is 0 Å². The number of halogens is 1. The quantitative estimate of drug-likeness (QED) is 0.479. The first kappa shape index (κ1) is 12.5. The molecular weight excluding hydrogens is 239 g/mol. The monoisotopic (exact) mass is 250 g/mol. The number of phosphoric acid groups is 1. The van der Waals surface area contributed by atoms with Crippen molar-refractivity contribution < 1.29 is 18.5 Å². The van der Waals surface area contributed by atoms with E-state index in [1.165, 1.54) is 0 Å². The summed E-state index contributed by atoms with van der Waals surface area (Å²) < 4.78 is 20.8. The predicted octanol–water partition coefficient (Wildman–Crippen LogP) is 2.81.